The number of hydrogen-bond donors (Lipinski definition) is 1. The average molecular weight is 471 g/mol. The molecule has 6 nitrogen and oxygen atoms in total. The molecule has 2 aromatic carbocycles. The number of amides is 1. The molecule has 5 rings (SSSR count). The van der Waals surface area contributed by atoms with Gasteiger partial charge in [-0.25, -0.2) is 4.98 Å². The van der Waals surface area contributed by atoms with Gasteiger partial charge in [-0.1, -0.05) is 42.5 Å². The largest absolute Gasteiger partial charge is 0.482 e. The SMILES string of the molecule is CC(Oc1cc(-c2ccc(C(=O)N3CCC(N4CCCC4)CC3)cc2)cnc1N)c1ccccc1. The fourth-order valence-electron chi connectivity index (χ4n) is 5.22. The number of carbonyl (C=O) groups is 1. The first-order valence-electron chi connectivity index (χ1n) is 12.7. The molecular weight excluding hydrogens is 436 g/mol. The van der Waals surface area contributed by atoms with Gasteiger partial charge in [-0.15, -0.1) is 0 Å². The van der Waals surface area contributed by atoms with E-state index in [1.807, 2.05) is 72.5 Å². The Morgan fingerprint density at radius 2 is 1.66 bits per heavy atom. The Hall–Kier alpha value is -3.38. The molecule has 2 N–H and O–H groups in total. The number of rotatable bonds is 6. The maximum Gasteiger partial charge on any atom is 0.253 e. The standard InChI is InChI=1S/C29H34N4O2/c1-21(22-7-3-2-4-8-22)35-27-19-25(20-31-28(27)30)23-9-11-24(12-10-23)29(34)33-17-13-26(14-18-33)32-15-5-6-16-32/h2-4,7-12,19-21,26H,5-6,13-18H2,1H3,(H2,30,31). The first-order chi connectivity index (χ1) is 17.1. The summed E-state index contributed by atoms with van der Waals surface area (Å²) in [5.74, 6) is 1.04. The summed E-state index contributed by atoms with van der Waals surface area (Å²) in [6.45, 7) is 6.11. The minimum absolute atomic E-state index is 0.118. The van der Waals surface area contributed by atoms with E-state index in [2.05, 4.69) is 9.88 Å². The van der Waals surface area contributed by atoms with E-state index in [0.717, 1.165) is 48.2 Å². The monoisotopic (exact) mass is 470 g/mol. The van der Waals surface area contributed by atoms with E-state index in [-0.39, 0.29) is 12.0 Å². The van der Waals surface area contributed by atoms with Crippen LogP contribution in [0.4, 0.5) is 5.82 Å². The number of piperidine rings is 1. The zero-order valence-electron chi connectivity index (χ0n) is 20.4. The summed E-state index contributed by atoms with van der Waals surface area (Å²) in [6, 6.07) is 20.4. The number of hydrogen-bond acceptors (Lipinski definition) is 5. The highest BCUT2D eigenvalue weighted by molar-refractivity contribution is 5.94. The van der Waals surface area contributed by atoms with Crippen LogP contribution in [0.5, 0.6) is 5.75 Å². The molecule has 3 heterocycles. The molecule has 0 radical (unpaired) electrons. The molecule has 2 aliphatic rings. The number of nitrogen functional groups attached to an aromatic ring is 1. The lowest BCUT2D eigenvalue weighted by Crippen LogP contribution is -2.45. The fraction of sp³-hybridized carbons (Fsp3) is 0.379. The highest BCUT2D eigenvalue weighted by atomic mass is 16.5. The van der Waals surface area contributed by atoms with Crippen molar-refractivity contribution in [2.24, 2.45) is 0 Å². The van der Waals surface area contributed by atoms with Gasteiger partial charge in [-0.3, -0.25) is 4.79 Å². The summed E-state index contributed by atoms with van der Waals surface area (Å²) in [5, 5.41) is 0. The van der Waals surface area contributed by atoms with Gasteiger partial charge in [0.2, 0.25) is 0 Å². The predicted octanol–water partition coefficient (Wildman–Crippen LogP) is 5.17. The topological polar surface area (TPSA) is 71.7 Å². The third-order valence-electron chi connectivity index (χ3n) is 7.33. The zero-order chi connectivity index (χ0) is 24.2. The molecule has 1 amide bonds. The second-order valence-corrected chi connectivity index (χ2v) is 9.62. The van der Waals surface area contributed by atoms with E-state index in [9.17, 15) is 4.79 Å². The van der Waals surface area contributed by atoms with Crippen molar-refractivity contribution in [3.05, 3.63) is 78.0 Å². The van der Waals surface area contributed by atoms with Gasteiger partial charge in [0.25, 0.3) is 5.91 Å². The van der Waals surface area contributed by atoms with Gasteiger partial charge >= 0.3 is 0 Å². The van der Waals surface area contributed by atoms with Crippen molar-refractivity contribution < 1.29 is 9.53 Å². The highest BCUT2D eigenvalue weighted by Crippen LogP contribution is 2.31. The van der Waals surface area contributed by atoms with Crippen LogP contribution >= 0.6 is 0 Å². The number of nitrogens with two attached hydrogens (primary N) is 1. The second kappa shape index (κ2) is 10.5. The third-order valence-corrected chi connectivity index (χ3v) is 7.33. The fourth-order valence-corrected chi connectivity index (χ4v) is 5.22. The lowest BCUT2D eigenvalue weighted by Gasteiger charge is -2.36. The lowest BCUT2D eigenvalue weighted by molar-refractivity contribution is 0.0644. The van der Waals surface area contributed by atoms with Crippen molar-refractivity contribution >= 4 is 11.7 Å². The van der Waals surface area contributed by atoms with Crippen LogP contribution in [0.3, 0.4) is 0 Å². The Morgan fingerprint density at radius 3 is 2.34 bits per heavy atom. The third kappa shape index (κ3) is 5.33. The van der Waals surface area contributed by atoms with Crippen LogP contribution in [-0.4, -0.2) is 52.9 Å². The molecule has 1 unspecified atom stereocenters. The van der Waals surface area contributed by atoms with Crippen LogP contribution in [0, 0.1) is 0 Å². The summed E-state index contributed by atoms with van der Waals surface area (Å²) in [7, 11) is 0. The Bertz CT molecular complexity index is 1140. The van der Waals surface area contributed by atoms with Crippen molar-refractivity contribution in [2.75, 3.05) is 31.9 Å². The Kier molecular flexibility index (Phi) is 7.00. The lowest BCUT2D eigenvalue weighted by atomic mass is 10.0. The predicted molar refractivity (Wildman–Crippen MR) is 139 cm³/mol. The van der Waals surface area contributed by atoms with Gasteiger partial charge in [0.05, 0.1) is 0 Å². The second-order valence-electron chi connectivity index (χ2n) is 9.62. The van der Waals surface area contributed by atoms with Crippen LogP contribution in [0.25, 0.3) is 11.1 Å². The van der Waals surface area contributed by atoms with E-state index in [1.54, 1.807) is 6.20 Å². The molecule has 0 bridgehead atoms. The smallest absolute Gasteiger partial charge is 0.253 e. The average Bonchev–Trinajstić information content (AvgIpc) is 3.45. The summed E-state index contributed by atoms with van der Waals surface area (Å²) in [5.41, 5.74) is 9.78. The molecule has 182 valence electrons. The Balaban J connectivity index is 1.24. The van der Waals surface area contributed by atoms with Crippen molar-refractivity contribution in [3.63, 3.8) is 0 Å². The van der Waals surface area contributed by atoms with Gasteiger partial charge in [-0.05, 0) is 75.0 Å². The highest BCUT2D eigenvalue weighted by Gasteiger charge is 2.28. The van der Waals surface area contributed by atoms with Gasteiger partial charge in [0.15, 0.2) is 11.6 Å². The molecule has 0 saturated carbocycles. The first-order valence-corrected chi connectivity index (χ1v) is 12.7. The Morgan fingerprint density at radius 1 is 0.971 bits per heavy atom. The number of benzene rings is 2. The zero-order valence-corrected chi connectivity index (χ0v) is 20.4. The molecule has 0 spiro atoms. The van der Waals surface area contributed by atoms with Crippen molar-refractivity contribution in [1.82, 2.24) is 14.8 Å². The van der Waals surface area contributed by atoms with Crippen molar-refractivity contribution in [3.8, 4) is 16.9 Å². The Labute approximate surface area is 207 Å². The summed E-state index contributed by atoms with van der Waals surface area (Å²) in [4.78, 5) is 22.1. The van der Waals surface area contributed by atoms with Gasteiger partial charge in [0.1, 0.15) is 6.10 Å². The first kappa shape index (κ1) is 23.4. The summed E-state index contributed by atoms with van der Waals surface area (Å²) >= 11 is 0. The quantitative estimate of drug-likeness (QED) is 0.538. The van der Waals surface area contributed by atoms with E-state index < -0.39 is 0 Å². The van der Waals surface area contributed by atoms with Gasteiger partial charge in [-0.2, -0.15) is 0 Å². The molecule has 1 atom stereocenters. The molecule has 2 aliphatic heterocycles. The van der Waals surface area contributed by atoms with E-state index in [4.69, 9.17) is 10.5 Å². The number of carbonyl (C=O) groups excluding carboxylic acids is 1. The normalized spacial score (nSPS) is 17.9. The summed E-state index contributed by atoms with van der Waals surface area (Å²) in [6.07, 6.45) is 6.37. The number of likely N-dealkylation sites (tertiary alicyclic amines) is 2. The van der Waals surface area contributed by atoms with E-state index >= 15 is 0 Å². The number of nitrogens with zero attached hydrogens (tertiary/aromatic N) is 3. The van der Waals surface area contributed by atoms with E-state index in [1.165, 1.54) is 25.9 Å². The van der Waals surface area contributed by atoms with Crippen molar-refractivity contribution in [2.45, 2.75) is 44.8 Å². The maximum absolute atomic E-state index is 13.1. The number of ether oxygens (including phenoxy) is 1. The minimum Gasteiger partial charge on any atom is -0.482 e. The molecule has 2 saturated heterocycles. The van der Waals surface area contributed by atoms with Crippen LogP contribution in [0.2, 0.25) is 0 Å². The minimum atomic E-state index is -0.148. The van der Waals surface area contributed by atoms with E-state index in [0.29, 0.717) is 17.6 Å². The number of pyridine rings is 1. The van der Waals surface area contributed by atoms with Gasteiger partial charge in [0, 0.05) is 36.5 Å². The molecule has 0 aliphatic carbocycles. The molecule has 2 fully saturated rings. The van der Waals surface area contributed by atoms with Crippen molar-refractivity contribution in [1.29, 1.82) is 0 Å². The van der Waals surface area contributed by atoms with Crippen LogP contribution in [0.1, 0.15) is 54.6 Å². The van der Waals surface area contributed by atoms with Crippen LogP contribution < -0.4 is 10.5 Å². The number of anilines is 1. The molecule has 6 heteroatoms. The number of aromatic nitrogens is 1. The summed E-state index contributed by atoms with van der Waals surface area (Å²) < 4.78 is 6.13. The molecule has 3 aromatic rings. The molecular formula is C29H34N4O2. The van der Waals surface area contributed by atoms with Crippen LogP contribution in [0.15, 0.2) is 66.9 Å². The van der Waals surface area contributed by atoms with Gasteiger partial charge < -0.3 is 20.3 Å². The molecule has 1 aromatic heterocycles. The molecule has 35 heavy (non-hydrogen) atoms. The maximum atomic E-state index is 13.1. The van der Waals surface area contributed by atoms with Crippen LogP contribution in [-0.2, 0) is 0 Å².